The Morgan fingerprint density at radius 3 is 2.90 bits per heavy atom. The first-order chi connectivity index (χ1) is 9.34. The summed E-state index contributed by atoms with van der Waals surface area (Å²) in [6.07, 6.45) is 6.76. The third-order valence-electron chi connectivity index (χ3n) is 3.49. The topological polar surface area (TPSA) is 41.6 Å². The molecule has 1 aromatic rings. The number of hydrazine groups is 1. The molecule has 1 saturated heterocycles. The number of ether oxygens (including phenoxy) is 1. The molecule has 1 unspecified atom stereocenters. The molecule has 0 aliphatic carbocycles. The molecule has 0 saturated carbocycles. The van der Waals surface area contributed by atoms with E-state index in [4.69, 9.17) is 4.74 Å². The van der Waals surface area contributed by atoms with Crippen molar-refractivity contribution in [1.29, 1.82) is 0 Å². The third kappa shape index (κ3) is 3.03. The van der Waals surface area contributed by atoms with Gasteiger partial charge in [0.25, 0.3) is 0 Å². The summed E-state index contributed by atoms with van der Waals surface area (Å²) in [5.41, 5.74) is 5.20. The van der Waals surface area contributed by atoms with Crippen LogP contribution in [-0.4, -0.2) is 17.3 Å². The molecule has 5 heteroatoms. The highest BCUT2D eigenvalue weighted by molar-refractivity contribution is 5.86. The Morgan fingerprint density at radius 1 is 1.30 bits per heavy atom. The average Bonchev–Trinajstić information content (AvgIpc) is 2.47. The van der Waals surface area contributed by atoms with Gasteiger partial charge in [0.1, 0.15) is 12.5 Å². The standard InChI is InChI=1S/C15H16N2O2.ClH/c18-15-10-16-17-8-9-19-11-14(17)13(15)7-6-12-4-2-1-3-5-12;/h1-5,8-9,11,13,16H,6-7,10H2;1H. The van der Waals surface area contributed by atoms with Gasteiger partial charge in [0.05, 0.1) is 24.4 Å². The Kier molecular flexibility index (Phi) is 4.82. The van der Waals surface area contributed by atoms with Gasteiger partial charge in [-0.3, -0.25) is 9.80 Å². The number of allylic oxidation sites excluding steroid dienone is 1. The lowest BCUT2D eigenvalue weighted by Crippen LogP contribution is -2.48. The van der Waals surface area contributed by atoms with E-state index in [9.17, 15) is 4.79 Å². The summed E-state index contributed by atoms with van der Waals surface area (Å²) >= 11 is 0. The van der Waals surface area contributed by atoms with Gasteiger partial charge in [-0.05, 0) is 18.4 Å². The van der Waals surface area contributed by atoms with Gasteiger partial charge >= 0.3 is 0 Å². The minimum absolute atomic E-state index is 0. The average molecular weight is 293 g/mol. The highest BCUT2D eigenvalue weighted by atomic mass is 35.5. The first kappa shape index (κ1) is 14.6. The molecule has 1 fully saturated rings. The fourth-order valence-electron chi connectivity index (χ4n) is 2.46. The SMILES string of the molecule is Cl.O=C1CNN2C=COC=C2C1CCc1ccccc1. The highest BCUT2D eigenvalue weighted by Crippen LogP contribution is 2.26. The van der Waals surface area contributed by atoms with Gasteiger partial charge in [0.2, 0.25) is 0 Å². The first-order valence-electron chi connectivity index (χ1n) is 6.46. The Hall–Kier alpha value is -1.78. The number of halogens is 1. The van der Waals surface area contributed by atoms with Crippen LogP contribution in [0.3, 0.4) is 0 Å². The lowest BCUT2D eigenvalue weighted by atomic mass is 9.91. The summed E-state index contributed by atoms with van der Waals surface area (Å²) in [7, 11) is 0. The van der Waals surface area contributed by atoms with Crippen LogP contribution in [0.15, 0.2) is 54.8 Å². The second-order valence-corrected chi connectivity index (χ2v) is 4.71. The normalized spacial score (nSPS) is 20.6. The van der Waals surface area contributed by atoms with Gasteiger partial charge in [-0.15, -0.1) is 12.4 Å². The van der Waals surface area contributed by atoms with Crippen LogP contribution in [0, 0.1) is 5.92 Å². The molecule has 2 aliphatic rings. The van der Waals surface area contributed by atoms with Crippen LogP contribution in [0.5, 0.6) is 0 Å². The largest absolute Gasteiger partial charge is 0.469 e. The molecule has 4 nitrogen and oxygen atoms in total. The summed E-state index contributed by atoms with van der Waals surface area (Å²) in [4.78, 5) is 12.1. The zero-order chi connectivity index (χ0) is 13.1. The van der Waals surface area contributed by atoms with Crippen molar-refractivity contribution < 1.29 is 9.53 Å². The zero-order valence-electron chi connectivity index (χ0n) is 11.0. The van der Waals surface area contributed by atoms with Crippen LogP contribution in [0.2, 0.25) is 0 Å². The fourth-order valence-corrected chi connectivity index (χ4v) is 2.46. The van der Waals surface area contributed by atoms with E-state index in [1.165, 1.54) is 5.56 Å². The predicted molar refractivity (Wildman–Crippen MR) is 78.7 cm³/mol. The maximum atomic E-state index is 12.1. The minimum Gasteiger partial charge on any atom is -0.469 e. The van der Waals surface area contributed by atoms with Gasteiger partial charge in [-0.1, -0.05) is 30.3 Å². The smallest absolute Gasteiger partial charge is 0.157 e. The molecule has 2 aliphatic heterocycles. The van der Waals surface area contributed by atoms with Crippen LogP contribution in [-0.2, 0) is 16.0 Å². The Morgan fingerprint density at radius 2 is 2.10 bits per heavy atom. The van der Waals surface area contributed by atoms with Crippen molar-refractivity contribution in [3.05, 3.63) is 60.3 Å². The van der Waals surface area contributed by atoms with E-state index in [1.807, 2.05) is 23.2 Å². The molecule has 0 amide bonds. The van der Waals surface area contributed by atoms with Gasteiger partial charge in [-0.25, -0.2) is 5.43 Å². The predicted octanol–water partition coefficient (Wildman–Crippen LogP) is 2.39. The van der Waals surface area contributed by atoms with Crippen LogP contribution >= 0.6 is 12.4 Å². The van der Waals surface area contributed by atoms with E-state index in [0.29, 0.717) is 6.54 Å². The van der Waals surface area contributed by atoms with E-state index >= 15 is 0 Å². The molecular weight excluding hydrogens is 276 g/mol. The molecule has 106 valence electrons. The van der Waals surface area contributed by atoms with Crippen molar-refractivity contribution in [2.45, 2.75) is 12.8 Å². The summed E-state index contributed by atoms with van der Waals surface area (Å²) in [6.45, 7) is 0.376. The van der Waals surface area contributed by atoms with Gasteiger partial charge in [0.15, 0.2) is 5.78 Å². The molecule has 0 spiro atoms. The van der Waals surface area contributed by atoms with Crippen LogP contribution in [0.1, 0.15) is 12.0 Å². The summed E-state index contributed by atoms with van der Waals surface area (Å²) in [5, 5.41) is 1.88. The number of benzene rings is 1. The molecule has 0 aromatic heterocycles. The maximum absolute atomic E-state index is 12.1. The van der Waals surface area contributed by atoms with Gasteiger partial charge < -0.3 is 4.74 Å². The van der Waals surface area contributed by atoms with E-state index in [2.05, 4.69) is 17.6 Å². The number of hydrogen-bond acceptors (Lipinski definition) is 4. The van der Waals surface area contributed by atoms with Crippen LogP contribution in [0.25, 0.3) is 0 Å². The Labute approximate surface area is 124 Å². The number of nitrogens with zero attached hydrogens (tertiary/aromatic N) is 1. The van der Waals surface area contributed by atoms with Gasteiger partial charge in [-0.2, -0.15) is 0 Å². The number of rotatable bonds is 3. The lowest BCUT2D eigenvalue weighted by molar-refractivity contribution is -0.124. The monoisotopic (exact) mass is 292 g/mol. The summed E-state index contributed by atoms with van der Waals surface area (Å²) in [6, 6.07) is 10.2. The van der Waals surface area contributed by atoms with Gasteiger partial charge in [0, 0.05) is 0 Å². The Balaban J connectivity index is 0.00000147. The summed E-state index contributed by atoms with van der Waals surface area (Å²) in [5.74, 6) is 0.128. The Bertz CT molecular complexity index is 528. The quantitative estimate of drug-likeness (QED) is 0.929. The van der Waals surface area contributed by atoms with Crippen molar-refractivity contribution in [2.24, 2.45) is 5.92 Å². The number of carbonyl (C=O) groups is 1. The van der Waals surface area contributed by atoms with Crippen molar-refractivity contribution in [3.63, 3.8) is 0 Å². The molecule has 1 aromatic carbocycles. The number of hydrogen-bond donors (Lipinski definition) is 1. The lowest BCUT2D eigenvalue weighted by Gasteiger charge is -2.35. The van der Waals surface area contributed by atoms with Crippen molar-refractivity contribution in [3.8, 4) is 0 Å². The second kappa shape index (κ2) is 6.59. The number of fused-ring (bicyclic) bond motifs is 1. The van der Waals surface area contributed by atoms with Crippen LogP contribution < -0.4 is 5.43 Å². The number of Topliss-reactive ketones (excluding diaryl/α,β-unsaturated/α-hetero) is 1. The number of nitrogens with one attached hydrogen (secondary N) is 1. The second-order valence-electron chi connectivity index (χ2n) is 4.71. The van der Waals surface area contributed by atoms with Crippen molar-refractivity contribution >= 4 is 18.2 Å². The third-order valence-corrected chi connectivity index (χ3v) is 3.49. The zero-order valence-corrected chi connectivity index (χ0v) is 11.8. The molecule has 1 atom stereocenters. The number of aryl methyl sites for hydroxylation is 1. The van der Waals surface area contributed by atoms with E-state index in [0.717, 1.165) is 18.5 Å². The van der Waals surface area contributed by atoms with E-state index < -0.39 is 0 Å². The molecule has 2 heterocycles. The number of ketones is 1. The molecular formula is C15H17ClN2O2. The molecule has 1 N–H and O–H groups in total. The maximum Gasteiger partial charge on any atom is 0.157 e. The molecule has 3 rings (SSSR count). The molecule has 0 bridgehead atoms. The van der Waals surface area contributed by atoms with E-state index in [-0.39, 0.29) is 24.1 Å². The summed E-state index contributed by atoms with van der Waals surface area (Å²) < 4.78 is 5.19. The molecule has 20 heavy (non-hydrogen) atoms. The highest BCUT2D eigenvalue weighted by Gasteiger charge is 2.32. The fraction of sp³-hybridized carbons (Fsp3) is 0.267. The van der Waals surface area contributed by atoms with E-state index in [1.54, 1.807) is 18.7 Å². The van der Waals surface area contributed by atoms with Crippen molar-refractivity contribution in [2.75, 3.05) is 6.54 Å². The number of carbonyl (C=O) groups excluding carboxylic acids is 1. The molecule has 0 radical (unpaired) electrons. The minimum atomic E-state index is -0.0913. The van der Waals surface area contributed by atoms with Crippen LogP contribution in [0.4, 0.5) is 0 Å². The first-order valence-corrected chi connectivity index (χ1v) is 6.46. The van der Waals surface area contributed by atoms with Crippen molar-refractivity contribution in [1.82, 2.24) is 10.4 Å².